The number of carbonyl (C=O) groups is 1. The second-order valence-corrected chi connectivity index (χ2v) is 7.98. The van der Waals surface area contributed by atoms with Crippen molar-refractivity contribution in [1.29, 1.82) is 0 Å². The molecule has 0 fully saturated rings. The Kier molecular flexibility index (Phi) is 5.95. The summed E-state index contributed by atoms with van der Waals surface area (Å²) in [6.07, 6.45) is 10.3. The van der Waals surface area contributed by atoms with Crippen LogP contribution in [-0.2, 0) is 17.6 Å². The number of aromatic nitrogens is 4. The molecule has 0 atom stereocenters. The van der Waals surface area contributed by atoms with Gasteiger partial charge in [0, 0.05) is 40.8 Å². The van der Waals surface area contributed by atoms with E-state index in [9.17, 15) is 4.79 Å². The van der Waals surface area contributed by atoms with Gasteiger partial charge in [-0.25, -0.2) is 15.0 Å². The Balaban J connectivity index is 1.50. The lowest BCUT2D eigenvalue weighted by molar-refractivity contribution is -0.111. The van der Waals surface area contributed by atoms with Crippen LogP contribution in [-0.4, -0.2) is 25.8 Å². The average molecular weight is 446 g/mol. The zero-order valence-electron chi connectivity index (χ0n) is 18.5. The number of fused-ring (bicyclic) bond motifs is 1. The number of nitrogens with zero attached hydrogens (tertiary/aromatic N) is 3. The number of aromatic amines is 1. The molecule has 0 unspecified atom stereocenters. The van der Waals surface area contributed by atoms with Crippen LogP contribution in [0, 0.1) is 0 Å². The van der Waals surface area contributed by atoms with Crippen LogP contribution in [0.2, 0.25) is 0 Å². The normalized spacial score (nSPS) is 10.8. The molecule has 6 heteroatoms. The summed E-state index contributed by atoms with van der Waals surface area (Å²) >= 11 is 0. The van der Waals surface area contributed by atoms with Crippen molar-refractivity contribution in [2.75, 3.05) is 5.32 Å². The third-order valence-corrected chi connectivity index (χ3v) is 5.75. The monoisotopic (exact) mass is 445 g/mol. The molecule has 2 aromatic carbocycles. The molecule has 6 nitrogen and oxygen atoms in total. The van der Waals surface area contributed by atoms with E-state index in [0.717, 1.165) is 51.8 Å². The smallest absolute Gasteiger partial charge is 0.247 e. The first-order valence-corrected chi connectivity index (χ1v) is 11.1. The fourth-order valence-electron chi connectivity index (χ4n) is 4.03. The summed E-state index contributed by atoms with van der Waals surface area (Å²) in [4.78, 5) is 28.5. The fraction of sp³-hybridized carbons (Fsp3) is 0.0714. The lowest BCUT2D eigenvalue weighted by atomic mass is 9.99. The molecule has 0 spiro atoms. The number of hydrogen-bond donors (Lipinski definition) is 2. The minimum Gasteiger partial charge on any atom is -0.345 e. The summed E-state index contributed by atoms with van der Waals surface area (Å²) < 4.78 is 0. The summed E-state index contributed by atoms with van der Waals surface area (Å²) in [5.41, 5.74) is 7.67. The lowest BCUT2D eigenvalue weighted by Crippen LogP contribution is -2.06. The first-order valence-electron chi connectivity index (χ1n) is 11.1. The number of aryl methyl sites for hydroxylation is 2. The van der Waals surface area contributed by atoms with Gasteiger partial charge in [0.2, 0.25) is 5.91 Å². The lowest BCUT2D eigenvalue weighted by Gasteiger charge is -2.09. The first kappa shape index (κ1) is 21.3. The summed E-state index contributed by atoms with van der Waals surface area (Å²) in [6.45, 7) is 3.51. The summed E-state index contributed by atoms with van der Waals surface area (Å²) in [5.74, 6) is -0.245. The largest absolute Gasteiger partial charge is 0.345 e. The highest BCUT2D eigenvalue weighted by Crippen LogP contribution is 2.32. The standard InChI is InChI=1S/C28H23N5O/c1-2-26(34)33-23-10-6-9-20(13-23)22-14-24-25(17-31-28(24)30-16-22)27-21(15-29-18-32-27)12-11-19-7-4-3-5-8-19/h2-10,13-18H,1,11-12H2,(H,30,31)(H,33,34). The zero-order chi connectivity index (χ0) is 23.3. The van der Waals surface area contributed by atoms with Gasteiger partial charge in [-0.05, 0) is 53.8 Å². The maximum absolute atomic E-state index is 11.7. The highest BCUT2D eigenvalue weighted by molar-refractivity contribution is 5.99. The van der Waals surface area contributed by atoms with Crippen molar-refractivity contribution in [2.45, 2.75) is 12.8 Å². The molecular formula is C28H23N5O. The Labute approximate surface area is 197 Å². The van der Waals surface area contributed by atoms with Crippen molar-refractivity contribution in [3.8, 4) is 22.4 Å². The van der Waals surface area contributed by atoms with E-state index in [-0.39, 0.29) is 5.91 Å². The SMILES string of the molecule is C=CC(=O)Nc1cccc(-c2cnc3[nH]cc(-c4ncncc4CCc4ccccc4)c3c2)c1. The summed E-state index contributed by atoms with van der Waals surface area (Å²) in [5, 5.41) is 3.79. The van der Waals surface area contributed by atoms with Crippen LogP contribution >= 0.6 is 0 Å². The maximum Gasteiger partial charge on any atom is 0.247 e. The van der Waals surface area contributed by atoms with Crippen molar-refractivity contribution in [3.63, 3.8) is 0 Å². The van der Waals surface area contributed by atoms with Crippen molar-refractivity contribution >= 4 is 22.6 Å². The number of hydrogen-bond acceptors (Lipinski definition) is 4. The predicted octanol–water partition coefficient (Wildman–Crippen LogP) is 5.60. The van der Waals surface area contributed by atoms with Crippen LogP contribution in [0.3, 0.4) is 0 Å². The van der Waals surface area contributed by atoms with Crippen LogP contribution < -0.4 is 5.32 Å². The fourth-order valence-corrected chi connectivity index (χ4v) is 4.03. The Morgan fingerprint density at radius 2 is 1.85 bits per heavy atom. The van der Waals surface area contributed by atoms with Crippen LogP contribution in [0.4, 0.5) is 5.69 Å². The topological polar surface area (TPSA) is 83.6 Å². The van der Waals surface area contributed by atoms with Crippen LogP contribution in [0.1, 0.15) is 11.1 Å². The number of anilines is 1. The molecule has 0 radical (unpaired) electrons. The zero-order valence-corrected chi connectivity index (χ0v) is 18.5. The molecule has 5 rings (SSSR count). The van der Waals surface area contributed by atoms with E-state index in [1.807, 2.05) is 48.9 Å². The number of carbonyl (C=O) groups excluding carboxylic acids is 1. The molecule has 3 heterocycles. The number of benzene rings is 2. The molecule has 166 valence electrons. The molecule has 0 saturated heterocycles. The molecule has 3 aromatic heterocycles. The van der Waals surface area contributed by atoms with Gasteiger partial charge in [-0.15, -0.1) is 0 Å². The number of pyridine rings is 1. The van der Waals surface area contributed by atoms with Gasteiger partial charge >= 0.3 is 0 Å². The maximum atomic E-state index is 11.7. The average Bonchev–Trinajstić information content (AvgIpc) is 3.31. The highest BCUT2D eigenvalue weighted by Gasteiger charge is 2.14. The molecule has 0 aliphatic heterocycles. The highest BCUT2D eigenvalue weighted by atomic mass is 16.1. The van der Waals surface area contributed by atoms with E-state index in [1.165, 1.54) is 11.6 Å². The van der Waals surface area contributed by atoms with Gasteiger partial charge in [0.1, 0.15) is 12.0 Å². The van der Waals surface area contributed by atoms with E-state index in [1.54, 1.807) is 6.33 Å². The van der Waals surface area contributed by atoms with Crippen molar-refractivity contribution in [3.05, 3.63) is 109 Å². The Morgan fingerprint density at radius 3 is 2.71 bits per heavy atom. The minimum absolute atomic E-state index is 0.245. The van der Waals surface area contributed by atoms with Gasteiger partial charge in [-0.2, -0.15) is 0 Å². The molecule has 34 heavy (non-hydrogen) atoms. The Bertz CT molecular complexity index is 1470. The molecule has 0 aliphatic rings. The Morgan fingerprint density at radius 1 is 0.971 bits per heavy atom. The number of rotatable bonds is 7. The van der Waals surface area contributed by atoms with Crippen molar-refractivity contribution in [2.24, 2.45) is 0 Å². The number of nitrogens with one attached hydrogen (secondary N) is 2. The second kappa shape index (κ2) is 9.50. The van der Waals surface area contributed by atoms with Crippen molar-refractivity contribution < 1.29 is 4.79 Å². The van der Waals surface area contributed by atoms with Crippen LogP contribution in [0.5, 0.6) is 0 Å². The quantitative estimate of drug-likeness (QED) is 0.320. The molecule has 0 aliphatic carbocycles. The molecule has 0 bridgehead atoms. The second-order valence-electron chi connectivity index (χ2n) is 7.98. The van der Waals surface area contributed by atoms with Crippen molar-refractivity contribution in [1.82, 2.24) is 19.9 Å². The van der Waals surface area contributed by atoms with E-state index in [4.69, 9.17) is 0 Å². The van der Waals surface area contributed by atoms with Gasteiger partial charge < -0.3 is 10.3 Å². The molecule has 1 amide bonds. The van der Waals surface area contributed by atoms with Crippen LogP contribution in [0.15, 0.2) is 98.2 Å². The summed E-state index contributed by atoms with van der Waals surface area (Å²) in [7, 11) is 0. The molecule has 5 aromatic rings. The van der Waals surface area contributed by atoms with E-state index < -0.39 is 0 Å². The van der Waals surface area contributed by atoms with E-state index in [2.05, 4.69) is 62.2 Å². The Hall–Kier alpha value is -4.58. The number of amides is 1. The van der Waals surface area contributed by atoms with Gasteiger partial charge in [0.05, 0.1) is 5.69 Å². The summed E-state index contributed by atoms with van der Waals surface area (Å²) in [6, 6.07) is 20.2. The van der Waals surface area contributed by atoms with Gasteiger partial charge in [0.25, 0.3) is 0 Å². The van der Waals surface area contributed by atoms with Gasteiger partial charge in [-0.3, -0.25) is 4.79 Å². The van der Waals surface area contributed by atoms with Crippen LogP contribution in [0.25, 0.3) is 33.4 Å². The van der Waals surface area contributed by atoms with E-state index >= 15 is 0 Å². The third-order valence-electron chi connectivity index (χ3n) is 5.75. The predicted molar refractivity (Wildman–Crippen MR) is 135 cm³/mol. The van der Waals surface area contributed by atoms with Gasteiger partial charge in [-0.1, -0.05) is 49.0 Å². The molecule has 0 saturated carbocycles. The minimum atomic E-state index is -0.245. The molecule has 2 N–H and O–H groups in total. The molecular weight excluding hydrogens is 422 g/mol. The first-order chi connectivity index (χ1) is 16.7. The third kappa shape index (κ3) is 4.47. The van der Waals surface area contributed by atoms with Gasteiger partial charge in [0.15, 0.2) is 0 Å². The number of H-pyrrole nitrogens is 1. The van der Waals surface area contributed by atoms with E-state index in [0.29, 0.717) is 5.69 Å².